The van der Waals surface area contributed by atoms with Gasteiger partial charge in [0.25, 0.3) is 10.0 Å². The summed E-state index contributed by atoms with van der Waals surface area (Å²) in [5, 5.41) is 5.09. The molecule has 0 radical (unpaired) electrons. The number of aryl methyl sites for hydroxylation is 2. The maximum Gasteiger partial charge on any atom is 0.282 e. The number of rotatable bonds is 4. The van der Waals surface area contributed by atoms with E-state index in [1.54, 1.807) is 16.3 Å². The van der Waals surface area contributed by atoms with Crippen molar-refractivity contribution < 1.29 is 8.42 Å². The maximum atomic E-state index is 12.5. The molecule has 0 bridgehead atoms. The van der Waals surface area contributed by atoms with E-state index in [2.05, 4.69) is 28.7 Å². The lowest BCUT2D eigenvalue weighted by Gasteiger charge is -2.08. The molecule has 0 atom stereocenters. The third-order valence-corrected chi connectivity index (χ3v) is 4.93. The van der Waals surface area contributed by atoms with E-state index in [0.29, 0.717) is 11.7 Å². The van der Waals surface area contributed by atoms with Crippen molar-refractivity contribution in [3.8, 4) is 0 Å². The number of anilines is 1. The van der Waals surface area contributed by atoms with E-state index in [0.717, 1.165) is 16.5 Å². The van der Waals surface area contributed by atoms with Crippen molar-refractivity contribution >= 4 is 26.7 Å². The highest BCUT2D eigenvalue weighted by molar-refractivity contribution is 7.92. The highest BCUT2D eigenvalue weighted by Gasteiger charge is 2.21. The molecule has 1 N–H and O–H groups in total. The van der Waals surface area contributed by atoms with Crippen LogP contribution in [0.1, 0.15) is 25.3 Å². The third kappa shape index (κ3) is 2.70. The molecule has 8 heteroatoms. The van der Waals surface area contributed by atoms with Crippen LogP contribution in [0.25, 0.3) is 10.9 Å². The Balaban J connectivity index is 2.10. The van der Waals surface area contributed by atoms with Gasteiger partial charge in [-0.05, 0) is 17.5 Å². The minimum Gasteiger partial charge on any atom is -0.339 e. The number of fused-ring (bicyclic) bond motifs is 1. The molecule has 1 aromatic carbocycles. The Labute approximate surface area is 135 Å². The van der Waals surface area contributed by atoms with Crippen LogP contribution < -0.4 is 4.72 Å². The smallest absolute Gasteiger partial charge is 0.282 e. The molecule has 3 aromatic rings. The number of aromatic nitrogens is 4. The number of hydrogen-bond donors (Lipinski definition) is 1. The first-order valence-corrected chi connectivity index (χ1v) is 8.74. The summed E-state index contributed by atoms with van der Waals surface area (Å²) in [7, 11) is -0.230. The van der Waals surface area contributed by atoms with E-state index in [1.807, 2.05) is 25.2 Å². The number of nitrogens with one attached hydrogen (secondary N) is 1. The molecule has 0 saturated carbocycles. The predicted octanol–water partition coefficient (Wildman–Crippen LogP) is 2.23. The zero-order valence-electron chi connectivity index (χ0n) is 13.5. The van der Waals surface area contributed by atoms with Crippen LogP contribution in [-0.2, 0) is 24.1 Å². The molecule has 2 aromatic heterocycles. The monoisotopic (exact) mass is 333 g/mol. The van der Waals surface area contributed by atoms with Crippen molar-refractivity contribution in [3.05, 3.63) is 36.3 Å². The third-order valence-electron chi connectivity index (χ3n) is 3.71. The molecule has 0 unspecified atom stereocenters. The number of sulfonamides is 1. The highest BCUT2D eigenvalue weighted by Crippen LogP contribution is 2.30. The van der Waals surface area contributed by atoms with Crippen LogP contribution >= 0.6 is 0 Å². The second kappa shape index (κ2) is 5.38. The first-order valence-electron chi connectivity index (χ1n) is 7.26. The predicted molar refractivity (Wildman–Crippen MR) is 88.8 cm³/mol. The summed E-state index contributed by atoms with van der Waals surface area (Å²) in [6.07, 6.45) is 2.90. The van der Waals surface area contributed by atoms with Crippen LogP contribution in [0.15, 0.2) is 35.7 Å². The van der Waals surface area contributed by atoms with E-state index in [9.17, 15) is 8.42 Å². The van der Waals surface area contributed by atoms with Gasteiger partial charge >= 0.3 is 0 Å². The van der Waals surface area contributed by atoms with Crippen LogP contribution in [0, 0.1) is 0 Å². The Morgan fingerprint density at radius 1 is 1.22 bits per heavy atom. The van der Waals surface area contributed by atoms with Gasteiger partial charge < -0.3 is 4.57 Å². The molecule has 0 aliphatic carbocycles. The lowest BCUT2D eigenvalue weighted by Crippen LogP contribution is -2.14. The van der Waals surface area contributed by atoms with Gasteiger partial charge in [-0.1, -0.05) is 26.0 Å². The normalized spacial score (nSPS) is 12.2. The fraction of sp³-hybridized carbons (Fsp3) is 0.333. The van der Waals surface area contributed by atoms with Gasteiger partial charge in [0.2, 0.25) is 0 Å². The van der Waals surface area contributed by atoms with Gasteiger partial charge in [-0.2, -0.15) is 13.5 Å². The van der Waals surface area contributed by atoms with Gasteiger partial charge in [-0.25, -0.2) is 4.98 Å². The van der Waals surface area contributed by atoms with E-state index in [-0.39, 0.29) is 5.03 Å². The number of nitrogens with zero attached hydrogens (tertiary/aromatic N) is 4. The molecule has 122 valence electrons. The van der Waals surface area contributed by atoms with Gasteiger partial charge in [0.15, 0.2) is 10.8 Å². The number of imidazole rings is 1. The number of hydrogen-bond acceptors (Lipinski definition) is 4. The van der Waals surface area contributed by atoms with Crippen molar-refractivity contribution in [1.29, 1.82) is 0 Å². The molecule has 0 spiro atoms. The lowest BCUT2D eigenvalue weighted by molar-refractivity contribution is 0.597. The van der Waals surface area contributed by atoms with Crippen LogP contribution in [-0.4, -0.2) is 27.7 Å². The molecule has 0 aliphatic heterocycles. The van der Waals surface area contributed by atoms with E-state index >= 15 is 0 Å². The summed E-state index contributed by atoms with van der Waals surface area (Å²) in [4.78, 5) is 3.89. The summed E-state index contributed by atoms with van der Waals surface area (Å²) in [5.41, 5.74) is 2.06. The van der Waals surface area contributed by atoms with Crippen LogP contribution in [0.3, 0.4) is 0 Å². The first-order chi connectivity index (χ1) is 10.8. The average Bonchev–Trinajstić information content (AvgIpc) is 3.04. The van der Waals surface area contributed by atoms with Crippen LogP contribution in [0.5, 0.6) is 0 Å². The molecule has 0 amide bonds. The van der Waals surface area contributed by atoms with Crippen molar-refractivity contribution in [1.82, 2.24) is 19.3 Å². The molecule has 0 saturated heterocycles. The van der Waals surface area contributed by atoms with Crippen molar-refractivity contribution in [2.45, 2.75) is 24.8 Å². The largest absolute Gasteiger partial charge is 0.339 e. The zero-order chi connectivity index (χ0) is 16.8. The Bertz CT molecular complexity index is 969. The lowest BCUT2D eigenvalue weighted by atomic mass is 10.0. The molecular weight excluding hydrogens is 314 g/mol. The molecule has 23 heavy (non-hydrogen) atoms. The van der Waals surface area contributed by atoms with E-state index in [4.69, 9.17) is 0 Å². The van der Waals surface area contributed by atoms with Gasteiger partial charge in [0.05, 0.1) is 11.8 Å². The van der Waals surface area contributed by atoms with Crippen LogP contribution in [0.4, 0.5) is 5.82 Å². The average molecular weight is 333 g/mol. The van der Waals surface area contributed by atoms with Crippen molar-refractivity contribution in [2.24, 2.45) is 14.1 Å². The highest BCUT2D eigenvalue weighted by atomic mass is 32.2. The van der Waals surface area contributed by atoms with Crippen molar-refractivity contribution in [3.63, 3.8) is 0 Å². The molecule has 0 fully saturated rings. The second-order valence-electron chi connectivity index (χ2n) is 5.85. The van der Waals surface area contributed by atoms with Gasteiger partial charge in [0, 0.05) is 25.7 Å². The minimum atomic E-state index is -3.76. The Morgan fingerprint density at radius 3 is 2.57 bits per heavy atom. The molecular formula is C15H19N5O2S. The summed E-state index contributed by atoms with van der Waals surface area (Å²) in [5.74, 6) is 0.630. The fourth-order valence-electron chi connectivity index (χ4n) is 2.62. The fourth-order valence-corrected chi connectivity index (χ4v) is 3.62. The number of para-hydroxylation sites is 1. The van der Waals surface area contributed by atoms with E-state index < -0.39 is 10.0 Å². The van der Waals surface area contributed by atoms with Crippen molar-refractivity contribution in [2.75, 3.05) is 4.72 Å². The standard InChI is InChI=1S/C15H19N5O2S/c1-10(2)11-6-5-7-12-14(11)20(4)17-15(12)18-23(21,22)13-8-19(3)9-16-13/h5-10H,1-4H3,(H,17,18). The van der Waals surface area contributed by atoms with Crippen LogP contribution in [0.2, 0.25) is 0 Å². The van der Waals surface area contributed by atoms with Gasteiger partial charge in [0.1, 0.15) is 0 Å². The molecule has 2 heterocycles. The zero-order valence-corrected chi connectivity index (χ0v) is 14.3. The van der Waals surface area contributed by atoms with Gasteiger partial charge in [-0.3, -0.25) is 9.40 Å². The summed E-state index contributed by atoms with van der Waals surface area (Å²) < 4.78 is 30.7. The van der Waals surface area contributed by atoms with Gasteiger partial charge in [-0.15, -0.1) is 0 Å². The Hall–Kier alpha value is -2.35. The SMILES string of the molecule is CC(C)c1cccc2c(NS(=O)(=O)c3cn(C)cn3)nn(C)c12. The molecule has 0 aliphatic rings. The maximum absolute atomic E-state index is 12.5. The summed E-state index contributed by atoms with van der Waals surface area (Å²) in [6.45, 7) is 4.19. The Kier molecular flexibility index (Phi) is 3.63. The molecule has 3 rings (SSSR count). The number of benzene rings is 1. The first kappa shape index (κ1) is 15.5. The Morgan fingerprint density at radius 2 is 1.96 bits per heavy atom. The van der Waals surface area contributed by atoms with E-state index in [1.165, 1.54) is 12.5 Å². The second-order valence-corrected chi connectivity index (χ2v) is 7.48. The quantitative estimate of drug-likeness (QED) is 0.794. The topological polar surface area (TPSA) is 81.8 Å². The molecule has 7 nitrogen and oxygen atoms in total. The summed E-state index contributed by atoms with van der Waals surface area (Å²) >= 11 is 0. The minimum absolute atomic E-state index is 0.0289. The summed E-state index contributed by atoms with van der Waals surface area (Å²) in [6, 6.07) is 5.81.